The van der Waals surface area contributed by atoms with Crippen molar-refractivity contribution < 1.29 is 53.9 Å². The summed E-state index contributed by atoms with van der Waals surface area (Å²) < 4.78 is 109. The predicted octanol–water partition coefficient (Wildman–Crippen LogP) is 16.8. The minimum atomic E-state index is -4.88. The van der Waals surface area contributed by atoms with Crippen LogP contribution in [-0.2, 0) is 6.42 Å². The molecule has 0 amide bonds. The van der Waals surface area contributed by atoms with Crippen molar-refractivity contribution in [1.82, 2.24) is 0 Å². The summed E-state index contributed by atoms with van der Waals surface area (Å²) >= 11 is 11.3. The van der Waals surface area contributed by atoms with Gasteiger partial charge in [-0.05, 0) is 62.2 Å². The van der Waals surface area contributed by atoms with E-state index in [-0.39, 0.29) is 25.1 Å². The summed E-state index contributed by atoms with van der Waals surface area (Å²) in [5, 5.41) is -0.182. The molecule has 0 N–H and O–H groups in total. The fourth-order valence-electron chi connectivity index (χ4n) is 3.05. The van der Waals surface area contributed by atoms with Gasteiger partial charge in [-0.15, -0.1) is 0 Å². The molecule has 0 radical (unpaired) electrons. The quantitative estimate of drug-likeness (QED) is 0.193. The highest BCUT2D eigenvalue weighted by Crippen LogP contribution is 2.29. The molecule has 0 heterocycles. The molecule has 0 fully saturated rings. The van der Waals surface area contributed by atoms with Crippen molar-refractivity contribution in [2.24, 2.45) is 0 Å². The Morgan fingerprint density at radius 2 is 0.818 bits per heavy atom. The number of alkyl halides is 9. The van der Waals surface area contributed by atoms with E-state index >= 15 is 0 Å². The Hall–Kier alpha value is -2.71. The van der Waals surface area contributed by atoms with Gasteiger partial charge < -0.3 is 0 Å². The molecule has 0 aromatic heterocycles. The normalized spacial score (nSPS) is 9.65. The summed E-state index contributed by atoms with van der Waals surface area (Å²) in [4.78, 5) is 32.6. The first-order valence-corrected chi connectivity index (χ1v) is 19.6. The van der Waals surface area contributed by atoms with E-state index in [1.54, 1.807) is 19.9 Å². The van der Waals surface area contributed by atoms with E-state index in [1.165, 1.54) is 42.5 Å². The Bertz CT molecular complexity index is 1410. The van der Waals surface area contributed by atoms with E-state index in [0.29, 0.717) is 17.5 Å². The van der Waals surface area contributed by atoms with E-state index in [2.05, 4.69) is 31.9 Å². The Morgan fingerprint density at radius 1 is 0.491 bits per heavy atom. The number of ketones is 3. The SMILES string of the molecule is CC.CC.CC.CC.CC.CC.CCc1ccc(C(=O)C(F)(F)F)c(Br)c1.Cc1ccc(Br)c(C(=O)C(F)(F)F)c1.Cc1ccc(Cl)c(C(=O)C(F)(F)F)c1. The lowest BCUT2D eigenvalue weighted by atomic mass is 10.1. The zero-order chi connectivity index (χ0) is 45.5. The van der Waals surface area contributed by atoms with Gasteiger partial charge in [0.05, 0.1) is 5.02 Å². The highest BCUT2D eigenvalue weighted by molar-refractivity contribution is 9.10. The van der Waals surface area contributed by atoms with Crippen molar-refractivity contribution in [2.75, 3.05) is 0 Å². The van der Waals surface area contributed by atoms with E-state index in [0.717, 1.165) is 11.6 Å². The number of hydrogen-bond donors (Lipinski definition) is 0. The second-order valence-corrected chi connectivity index (χ2v) is 10.7. The van der Waals surface area contributed by atoms with E-state index < -0.39 is 41.4 Å². The summed E-state index contributed by atoms with van der Waals surface area (Å²) in [7, 11) is 0. The molecule has 55 heavy (non-hydrogen) atoms. The number of halogens is 12. The monoisotopic (exact) mass is 948 g/mol. The molecule has 3 aromatic carbocycles. The lowest BCUT2D eigenvalue weighted by Gasteiger charge is -2.08. The molecule has 15 heteroatoms. The second-order valence-electron chi connectivity index (χ2n) is 8.62. The summed E-state index contributed by atoms with van der Waals surface area (Å²) in [6.07, 6.45) is -13.8. The van der Waals surface area contributed by atoms with Crippen LogP contribution < -0.4 is 0 Å². The predicted molar refractivity (Wildman–Crippen MR) is 218 cm³/mol. The van der Waals surface area contributed by atoms with Crippen molar-refractivity contribution in [3.63, 3.8) is 0 Å². The van der Waals surface area contributed by atoms with Crippen LogP contribution in [0.5, 0.6) is 0 Å². The van der Waals surface area contributed by atoms with Crippen LogP contribution >= 0.6 is 43.5 Å². The van der Waals surface area contributed by atoms with E-state index in [9.17, 15) is 53.9 Å². The van der Waals surface area contributed by atoms with E-state index in [4.69, 9.17) is 11.6 Å². The molecule has 0 saturated carbocycles. The van der Waals surface area contributed by atoms with Gasteiger partial charge in [0.25, 0.3) is 17.3 Å². The minimum Gasteiger partial charge on any atom is -0.284 e. The van der Waals surface area contributed by atoms with Gasteiger partial charge in [-0.2, -0.15) is 39.5 Å². The molecule has 318 valence electrons. The van der Waals surface area contributed by atoms with Crippen LogP contribution in [0.1, 0.15) is 138 Å². The third-order valence-corrected chi connectivity index (χ3v) is 6.87. The van der Waals surface area contributed by atoms with Crippen molar-refractivity contribution in [3.05, 3.63) is 102 Å². The highest BCUT2D eigenvalue weighted by atomic mass is 79.9. The molecule has 0 aliphatic heterocycles. The number of aryl methyl sites for hydroxylation is 3. The average Bonchev–Trinajstić information content (AvgIpc) is 3.17. The largest absolute Gasteiger partial charge is 0.454 e. The molecular formula is C40H56Br2ClF9O3. The number of Topliss-reactive ketones (excluding diaryl/α,β-unsaturated/α-hetero) is 3. The van der Waals surface area contributed by atoms with E-state index in [1.807, 2.05) is 90.0 Å². The van der Waals surface area contributed by atoms with Gasteiger partial charge in [0.1, 0.15) is 0 Å². The Kier molecular flexibility index (Phi) is 40.3. The molecule has 0 aliphatic carbocycles. The van der Waals surface area contributed by atoms with Crippen LogP contribution in [0.2, 0.25) is 5.02 Å². The van der Waals surface area contributed by atoms with Crippen LogP contribution in [0.4, 0.5) is 39.5 Å². The van der Waals surface area contributed by atoms with Gasteiger partial charge in [0.15, 0.2) is 0 Å². The molecule has 0 bridgehead atoms. The maximum Gasteiger partial charge on any atom is 0.454 e. The topological polar surface area (TPSA) is 51.2 Å². The third-order valence-electron chi connectivity index (χ3n) is 5.19. The maximum absolute atomic E-state index is 12.1. The Balaban J connectivity index is -0.000000143. The second kappa shape index (κ2) is 34.5. The summed E-state index contributed by atoms with van der Waals surface area (Å²) in [6, 6.07) is 12.4. The average molecular weight is 951 g/mol. The molecule has 0 unspecified atom stereocenters. The lowest BCUT2D eigenvalue weighted by Crippen LogP contribution is -2.23. The molecule has 3 nitrogen and oxygen atoms in total. The summed E-state index contributed by atoms with van der Waals surface area (Å²) in [6.45, 7) is 29.1. The van der Waals surface area contributed by atoms with Gasteiger partial charge >= 0.3 is 18.5 Å². The lowest BCUT2D eigenvalue weighted by molar-refractivity contribution is -0.0888. The highest BCUT2D eigenvalue weighted by Gasteiger charge is 2.41. The Morgan fingerprint density at radius 3 is 1.16 bits per heavy atom. The fourth-order valence-corrected chi connectivity index (χ4v) is 4.28. The van der Waals surface area contributed by atoms with Gasteiger partial charge in [-0.3, -0.25) is 14.4 Å². The first-order chi connectivity index (χ1) is 25.5. The smallest absolute Gasteiger partial charge is 0.284 e. The van der Waals surface area contributed by atoms with Crippen LogP contribution in [-0.4, -0.2) is 35.9 Å². The molecule has 0 atom stereocenters. The molecular weight excluding hydrogens is 895 g/mol. The van der Waals surface area contributed by atoms with Crippen LogP contribution in [0.15, 0.2) is 63.5 Å². The van der Waals surface area contributed by atoms with Gasteiger partial charge in [0.2, 0.25) is 0 Å². The number of hydrogen-bond acceptors (Lipinski definition) is 3. The Labute approximate surface area is 344 Å². The van der Waals surface area contributed by atoms with Gasteiger partial charge in [0, 0.05) is 25.6 Å². The molecule has 0 spiro atoms. The van der Waals surface area contributed by atoms with Crippen molar-refractivity contribution in [1.29, 1.82) is 0 Å². The third kappa shape index (κ3) is 26.7. The fraction of sp³-hybridized carbons (Fsp3) is 0.475. The van der Waals surface area contributed by atoms with Crippen molar-refractivity contribution >= 4 is 60.8 Å². The molecule has 0 aliphatic rings. The summed E-state index contributed by atoms with van der Waals surface area (Å²) in [5.41, 5.74) is 0.847. The number of rotatable bonds is 4. The zero-order valence-electron chi connectivity index (χ0n) is 34.2. The number of carbonyl (C=O) groups excluding carboxylic acids is 3. The minimum absolute atomic E-state index is 0.158. The number of benzene rings is 3. The van der Waals surface area contributed by atoms with Gasteiger partial charge in [-0.25, -0.2) is 0 Å². The van der Waals surface area contributed by atoms with Crippen LogP contribution in [0.25, 0.3) is 0 Å². The van der Waals surface area contributed by atoms with Crippen molar-refractivity contribution in [2.45, 2.75) is 129 Å². The first-order valence-electron chi connectivity index (χ1n) is 17.7. The molecule has 0 saturated heterocycles. The molecule has 3 aromatic rings. The van der Waals surface area contributed by atoms with Gasteiger partial charge in [-0.1, -0.05) is 163 Å². The molecule has 3 rings (SSSR count). The van der Waals surface area contributed by atoms with Crippen LogP contribution in [0, 0.1) is 13.8 Å². The standard InChI is InChI=1S/C10H8BrF3O.C9H6BrF3O.C9H6ClF3O.6C2H6/c1-2-6-3-4-7(8(11)5-6)9(15)10(12,13)14;2*1-5-2-3-7(10)6(4-5)8(14)9(11,12)13;6*1-2/h3-5H,2H2,1H3;2*2-4H,1H3;6*1-2H3. The maximum atomic E-state index is 12.1. The van der Waals surface area contributed by atoms with Crippen molar-refractivity contribution in [3.8, 4) is 0 Å². The number of carbonyl (C=O) groups is 3. The zero-order valence-corrected chi connectivity index (χ0v) is 38.1. The first kappa shape index (κ1) is 64.2. The summed E-state index contributed by atoms with van der Waals surface area (Å²) in [5.74, 6) is -5.56. The van der Waals surface area contributed by atoms with Crippen LogP contribution in [0.3, 0.4) is 0 Å².